The van der Waals surface area contributed by atoms with Gasteiger partial charge < -0.3 is 10.6 Å². The molecule has 2 amide bonds. The zero-order chi connectivity index (χ0) is 27.9. The predicted octanol–water partition coefficient (Wildman–Crippen LogP) is 5.37. The Morgan fingerprint density at radius 3 is 2.33 bits per heavy atom. The molecule has 0 bridgehead atoms. The molecule has 3 aliphatic rings. The third-order valence-corrected chi connectivity index (χ3v) is 8.19. The average Bonchev–Trinajstić information content (AvgIpc) is 3.41. The van der Waals surface area contributed by atoms with Crippen LogP contribution in [0.2, 0.25) is 0 Å². The lowest BCUT2D eigenvalue weighted by Crippen LogP contribution is -2.38. The summed E-state index contributed by atoms with van der Waals surface area (Å²) in [6.45, 7) is 0. The largest absolute Gasteiger partial charge is 0.389 e. The molecule has 2 heterocycles. The number of fused-ring (bicyclic) bond motifs is 1. The molecule has 214 valence electrons. The van der Waals surface area contributed by atoms with E-state index in [1.54, 1.807) is 12.3 Å². The first-order valence-corrected chi connectivity index (χ1v) is 13.4. The van der Waals surface area contributed by atoms with Crippen molar-refractivity contribution in [1.82, 2.24) is 25.2 Å². The summed E-state index contributed by atoms with van der Waals surface area (Å²) in [5.74, 6) is -4.93. The van der Waals surface area contributed by atoms with E-state index in [4.69, 9.17) is 0 Å². The van der Waals surface area contributed by atoms with Crippen LogP contribution in [0.5, 0.6) is 0 Å². The van der Waals surface area contributed by atoms with Crippen LogP contribution >= 0.6 is 0 Å². The van der Waals surface area contributed by atoms with Gasteiger partial charge >= 0.3 is 6.18 Å². The minimum Gasteiger partial charge on any atom is -0.349 e. The number of amides is 2. The van der Waals surface area contributed by atoms with Crippen LogP contribution in [0.1, 0.15) is 87.5 Å². The highest BCUT2D eigenvalue weighted by Gasteiger charge is 2.46. The van der Waals surface area contributed by atoms with Gasteiger partial charge in [-0.3, -0.25) is 9.59 Å². The van der Waals surface area contributed by atoms with Crippen LogP contribution < -0.4 is 10.6 Å². The standard InChI is InChI=1S/C26H31F6N5O2/c27-18-11-17(18)24(39)36-23(15-4-7-25(28,29)8-5-15)19-13-37-20(34-19)10-16(12-33-37)22(14-2-1-3-14)35-21(38)6-9-26(30,31)32/h10,12-15,17-18,22-23H,1-9,11H2,(H,35,38)(H,36,39)/t17-,18-,22-,23+/m1/s1. The van der Waals surface area contributed by atoms with Crippen LogP contribution in [0.15, 0.2) is 18.5 Å². The summed E-state index contributed by atoms with van der Waals surface area (Å²) < 4.78 is 80.4. The van der Waals surface area contributed by atoms with Crippen molar-refractivity contribution in [3.63, 3.8) is 0 Å². The molecule has 2 N–H and O–H groups in total. The van der Waals surface area contributed by atoms with E-state index >= 15 is 0 Å². The number of hydrogen-bond donors (Lipinski definition) is 2. The van der Waals surface area contributed by atoms with E-state index in [2.05, 4.69) is 20.7 Å². The Kier molecular flexibility index (Phi) is 7.53. The SMILES string of the molecule is O=C(CCC(F)(F)F)N[C@@H](c1cnn2cc([C@@H](NC(=O)[C@@H]3C[C@H]3F)C3CCC(F)(F)CC3)nc2c1)C1CCC1. The maximum absolute atomic E-state index is 13.8. The van der Waals surface area contributed by atoms with Gasteiger partial charge in [-0.1, -0.05) is 6.42 Å². The van der Waals surface area contributed by atoms with Gasteiger partial charge in [0.15, 0.2) is 5.65 Å². The number of aromatic nitrogens is 3. The summed E-state index contributed by atoms with van der Waals surface area (Å²) in [7, 11) is 0. The van der Waals surface area contributed by atoms with Crippen molar-refractivity contribution in [3.8, 4) is 0 Å². The first-order chi connectivity index (χ1) is 18.4. The van der Waals surface area contributed by atoms with Gasteiger partial charge in [0.2, 0.25) is 17.7 Å². The first kappa shape index (κ1) is 27.7. The van der Waals surface area contributed by atoms with Crippen LogP contribution in [-0.2, 0) is 9.59 Å². The second kappa shape index (κ2) is 10.6. The second-order valence-electron chi connectivity index (χ2n) is 11.1. The molecule has 0 saturated heterocycles. The Balaban J connectivity index is 1.37. The molecule has 0 aromatic carbocycles. The summed E-state index contributed by atoms with van der Waals surface area (Å²) in [4.78, 5) is 29.5. The fourth-order valence-electron chi connectivity index (χ4n) is 5.50. The minimum atomic E-state index is -4.43. The number of carbonyl (C=O) groups excluding carboxylic acids is 2. The maximum atomic E-state index is 13.8. The number of imidazole rings is 1. The van der Waals surface area contributed by atoms with Gasteiger partial charge in [-0.2, -0.15) is 18.3 Å². The summed E-state index contributed by atoms with van der Waals surface area (Å²) in [6.07, 6.45) is -1.97. The summed E-state index contributed by atoms with van der Waals surface area (Å²) >= 11 is 0. The van der Waals surface area contributed by atoms with Crippen LogP contribution in [0, 0.1) is 17.8 Å². The molecule has 13 heteroatoms. The van der Waals surface area contributed by atoms with E-state index in [1.165, 1.54) is 10.7 Å². The number of alkyl halides is 6. The molecule has 5 rings (SSSR count). The number of halogens is 6. The lowest BCUT2D eigenvalue weighted by Gasteiger charge is -2.34. The number of rotatable bonds is 9. The maximum Gasteiger partial charge on any atom is 0.389 e. The van der Waals surface area contributed by atoms with Crippen molar-refractivity contribution in [2.75, 3.05) is 0 Å². The molecule has 2 aromatic rings. The fraction of sp³-hybridized carbons (Fsp3) is 0.692. The first-order valence-electron chi connectivity index (χ1n) is 13.4. The third kappa shape index (κ3) is 6.66. The molecular weight excluding hydrogens is 528 g/mol. The van der Waals surface area contributed by atoms with E-state index in [1.807, 2.05) is 0 Å². The summed E-state index contributed by atoms with van der Waals surface area (Å²) in [5.41, 5.74) is 1.39. The molecule has 4 atom stereocenters. The van der Waals surface area contributed by atoms with Crippen molar-refractivity contribution in [2.24, 2.45) is 17.8 Å². The third-order valence-electron chi connectivity index (χ3n) is 8.19. The highest BCUT2D eigenvalue weighted by Crippen LogP contribution is 2.43. The zero-order valence-electron chi connectivity index (χ0n) is 21.2. The molecule has 39 heavy (non-hydrogen) atoms. The van der Waals surface area contributed by atoms with Crippen molar-refractivity contribution in [3.05, 3.63) is 29.7 Å². The molecule has 3 fully saturated rings. The normalized spacial score (nSPS) is 25.1. The number of hydrogen-bond acceptors (Lipinski definition) is 4. The second-order valence-corrected chi connectivity index (χ2v) is 11.1. The highest BCUT2D eigenvalue weighted by molar-refractivity contribution is 5.82. The Bertz CT molecular complexity index is 1200. The smallest absolute Gasteiger partial charge is 0.349 e. The van der Waals surface area contributed by atoms with E-state index in [-0.39, 0.29) is 43.9 Å². The molecule has 0 radical (unpaired) electrons. The molecule has 0 spiro atoms. The van der Waals surface area contributed by atoms with Gasteiger partial charge in [-0.15, -0.1) is 0 Å². The molecule has 3 saturated carbocycles. The van der Waals surface area contributed by atoms with Crippen molar-refractivity contribution < 1.29 is 35.9 Å². The number of carbonyl (C=O) groups is 2. The lowest BCUT2D eigenvalue weighted by atomic mass is 9.77. The number of nitrogens with zero attached hydrogens (tertiary/aromatic N) is 3. The van der Waals surface area contributed by atoms with Crippen LogP contribution in [0.4, 0.5) is 26.3 Å². The van der Waals surface area contributed by atoms with Crippen molar-refractivity contribution in [2.45, 2.75) is 94.6 Å². The van der Waals surface area contributed by atoms with Crippen LogP contribution in [0.25, 0.3) is 5.65 Å². The molecule has 0 aliphatic heterocycles. The molecule has 2 aromatic heterocycles. The predicted molar refractivity (Wildman–Crippen MR) is 127 cm³/mol. The molecule has 0 unspecified atom stereocenters. The van der Waals surface area contributed by atoms with E-state index < -0.39 is 60.9 Å². The molecule has 3 aliphatic carbocycles. The van der Waals surface area contributed by atoms with E-state index in [0.717, 1.165) is 19.3 Å². The summed E-state index contributed by atoms with van der Waals surface area (Å²) in [6, 6.07) is 0.469. The van der Waals surface area contributed by atoms with Gasteiger partial charge in [0.05, 0.1) is 42.5 Å². The Morgan fingerprint density at radius 1 is 1.08 bits per heavy atom. The van der Waals surface area contributed by atoms with Gasteiger partial charge in [-0.05, 0) is 55.6 Å². The average molecular weight is 560 g/mol. The molecule has 7 nitrogen and oxygen atoms in total. The minimum absolute atomic E-state index is 0.0571. The topological polar surface area (TPSA) is 88.4 Å². The van der Waals surface area contributed by atoms with Gasteiger partial charge in [0, 0.05) is 19.3 Å². The zero-order valence-corrected chi connectivity index (χ0v) is 21.2. The Labute approximate surface area is 221 Å². The van der Waals surface area contributed by atoms with Gasteiger partial charge in [0.25, 0.3) is 0 Å². The van der Waals surface area contributed by atoms with Crippen LogP contribution in [-0.4, -0.2) is 44.7 Å². The van der Waals surface area contributed by atoms with Crippen molar-refractivity contribution in [1.29, 1.82) is 0 Å². The molecular formula is C26H31F6N5O2. The lowest BCUT2D eigenvalue weighted by molar-refractivity contribution is -0.144. The summed E-state index contributed by atoms with van der Waals surface area (Å²) in [5, 5.41) is 9.94. The quantitative estimate of drug-likeness (QED) is 0.405. The van der Waals surface area contributed by atoms with Crippen molar-refractivity contribution >= 4 is 17.5 Å². The highest BCUT2D eigenvalue weighted by atomic mass is 19.4. The Morgan fingerprint density at radius 2 is 1.74 bits per heavy atom. The van der Waals surface area contributed by atoms with Gasteiger partial charge in [-0.25, -0.2) is 22.7 Å². The van der Waals surface area contributed by atoms with E-state index in [9.17, 15) is 35.9 Å². The monoisotopic (exact) mass is 559 g/mol. The van der Waals surface area contributed by atoms with Gasteiger partial charge in [0.1, 0.15) is 6.17 Å². The van der Waals surface area contributed by atoms with E-state index in [0.29, 0.717) is 16.9 Å². The number of nitrogens with one attached hydrogen (secondary N) is 2. The fourth-order valence-corrected chi connectivity index (χ4v) is 5.50. The Hall–Kier alpha value is -2.86. The van der Waals surface area contributed by atoms with Crippen LogP contribution in [0.3, 0.4) is 0 Å².